The van der Waals surface area contributed by atoms with Crippen molar-refractivity contribution in [2.24, 2.45) is 0 Å². The van der Waals surface area contributed by atoms with Crippen LogP contribution in [0, 0.1) is 6.92 Å². The predicted octanol–water partition coefficient (Wildman–Crippen LogP) is 1.26. The van der Waals surface area contributed by atoms with Crippen LogP contribution in [0.3, 0.4) is 0 Å². The van der Waals surface area contributed by atoms with Gasteiger partial charge in [0.25, 0.3) is 0 Å². The van der Waals surface area contributed by atoms with Crippen molar-refractivity contribution in [2.45, 2.75) is 30.2 Å². The molecule has 0 aliphatic heterocycles. The lowest BCUT2D eigenvalue weighted by atomic mass is 10.3. The highest BCUT2D eigenvalue weighted by Crippen LogP contribution is 2.37. The quantitative estimate of drug-likeness (QED) is 0.689. The number of benzene rings is 1. The highest BCUT2D eigenvalue weighted by atomic mass is 32.2. The molecule has 4 rings (SSSR count). The molecule has 0 atom stereocenters. The molecule has 1 fully saturated rings. The standard InChI is InChI=1S/C14H14FN5O3S2/c1-8-16-13(24-18-8)20-11-6-9(2-3-10(11)17-12(20)21)25(22,23)19-14(7-15)4-5-14/h2-3,6,19H,4-5,7H2,1H3,(H,17,21). The van der Waals surface area contributed by atoms with E-state index in [1.807, 2.05) is 0 Å². The second kappa shape index (κ2) is 5.44. The van der Waals surface area contributed by atoms with Crippen LogP contribution in [0.1, 0.15) is 18.7 Å². The lowest BCUT2D eigenvalue weighted by Crippen LogP contribution is -2.38. The van der Waals surface area contributed by atoms with Crippen molar-refractivity contribution in [3.63, 3.8) is 0 Å². The van der Waals surface area contributed by atoms with Crippen molar-refractivity contribution in [3.05, 3.63) is 34.5 Å². The van der Waals surface area contributed by atoms with Gasteiger partial charge in [0.2, 0.25) is 15.2 Å². The summed E-state index contributed by atoms with van der Waals surface area (Å²) in [6, 6.07) is 4.26. The topological polar surface area (TPSA) is 110 Å². The van der Waals surface area contributed by atoms with Crippen LogP contribution in [0.25, 0.3) is 16.2 Å². The van der Waals surface area contributed by atoms with E-state index in [0.717, 1.165) is 11.5 Å². The number of alkyl halides is 1. The van der Waals surface area contributed by atoms with E-state index < -0.39 is 27.9 Å². The van der Waals surface area contributed by atoms with E-state index in [2.05, 4.69) is 19.1 Å². The van der Waals surface area contributed by atoms with Crippen LogP contribution in [0.5, 0.6) is 0 Å². The molecule has 3 aromatic rings. The molecule has 1 aromatic carbocycles. The number of hydrogen-bond acceptors (Lipinski definition) is 6. The van der Waals surface area contributed by atoms with Gasteiger partial charge < -0.3 is 4.98 Å². The first-order valence-corrected chi connectivity index (χ1v) is 9.75. The number of hydrogen-bond donors (Lipinski definition) is 2. The lowest BCUT2D eigenvalue weighted by Gasteiger charge is -2.13. The Hall–Kier alpha value is -2.11. The summed E-state index contributed by atoms with van der Waals surface area (Å²) in [6.07, 6.45) is 0.952. The third kappa shape index (κ3) is 2.77. The van der Waals surface area contributed by atoms with E-state index in [1.165, 1.54) is 22.8 Å². The monoisotopic (exact) mass is 383 g/mol. The molecule has 1 saturated carbocycles. The molecule has 0 unspecified atom stereocenters. The Kier molecular flexibility index (Phi) is 3.56. The van der Waals surface area contributed by atoms with Gasteiger partial charge in [0.05, 0.1) is 21.5 Å². The number of nitrogens with zero attached hydrogens (tertiary/aromatic N) is 3. The van der Waals surface area contributed by atoms with Crippen LogP contribution in [0.2, 0.25) is 0 Å². The van der Waals surface area contributed by atoms with Crippen LogP contribution in [0.4, 0.5) is 4.39 Å². The molecule has 0 amide bonds. The van der Waals surface area contributed by atoms with Crippen LogP contribution >= 0.6 is 11.5 Å². The number of halogens is 1. The maximum Gasteiger partial charge on any atom is 0.332 e. The average molecular weight is 383 g/mol. The fraction of sp³-hybridized carbons (Fsp3) is 0.357. The maximum absolute atomic E-state index is 13.0. The molecule has 1 aliphatic rings. The molecule has 1 aliphatic carbocycles. The van der Waals surface area contributed by atoms with Gasteiger partial charge >= 0.3 is 5.69 Å². The number of sulfonamides is 1. The molecular formula is C14H14FN5O3S2. The van der Waals surface area contributed by atoms with Gasteiger partial charge in [-0.25, -0.2) is 31.9 Å². The summed E-state index contributed by atoms with van der Waals surface area (Å²) in [4.78, 5) is 19.0. The van der Waals surface area contributed by atoms with Gasteiger partial charge in [0, 0.05) is 11.5 Å². The van der Waals surface area contributed by atoms with Crippen molar-refractivity contribution in [1.82, 2.24) is 23.6 Å². The molecule has 2 aromatic heterocycles. The number of nitrogens with one attached hydrogen (secondary N) is 2. The molecule has 0 bridgehead atoms. The first-order valence-electron chi connectivity index (χ1n) is 7.49. The zero-order valence-corrected chi connectivity index (χ0v) is 14.7. The van der Waals surface area contributed by atoms with Crippen LogP contribution < -0.4 is 10.4 Å². The van der Waals surface area contributed by atoms with Crippen molar-refractivity contribution in [1.29, 1.82) is 0 Å². The zero-order chi connectivity index (χ0) is 17.8. The molecule has 132 valence electrons. The summed E-state index contributed by atoms with van der Waals surface area (Å²) in [5.41, 5.74) is -0.573. The SMILES string of the molecule is Cc1nsc(-n2c(=O)[nH]c3ccc(S(=O)(=O)NC4(CF)CC4)cc32)n1. The van der Waals surface area contributed by atoms with E-state index in [-0.39, 0.29) is 4.90 Å². The van der Waals surface area contributed by atoms with E-state index in [0.29, 0.717) is 34.8 Å². The summed E-state index contributed by atoms with van der Waals surface area (Å²) in [7, 11) is -3.90. The summed E-state index contributed by atoms with van der Waals surface area (Å²) >= 11 is 1.04. The van der Waals surface area contributed by atoms with Crippen molar-refractivity contribution >= 4 is 32.6 Å². The number of aryl methyl sites for hydroxylation is 1. The van der Waals surface area contributed by atoms with Gasteiger partial charge in [-0.15, -0.1) is 0 Å². The molecule has 25 heavy (non-hydrogen) atoms. The normalized spacial score (nSPS) is 16.4. The molecule has 2 heterocycles. The number of H-pyrrole nitrogens is 1. The minimum absolute atomic E-state index is 0.0336. The van der Waals surface area contributed by atoms with Crippen molar-refractivity contribution in [3.8, 4) is 5.13 Å². The lowest BCUT2D eigenvalue weighted by molar-refractivity contribution is 0.393. The Balaban J connectivity index is 1.84. The second-order valence-corrected chi connectivity index (χ2v) is 8.50. The minimum Gasteiger partial charge on any atom is -0.305 e. The fourth-order valence-corrected chi connectivity index (χ4v) is 4.73. The molecule has 0 saturated heterocycles. The van der Waals surface area contributed by atoms with Crippen LogP contribution in [-0.2, 0) is 10.0 Å². The summed E-state index contributed by atoms with van der Waals surface area (Å²) in [5.74, 6) is 0.519. The Bertz CT molecular complexity index is 1130. The summed E-state index contributed by atoms with van der Waals surface area (Å²) in [6.45, 7) is 0.957. The van der Waals surface area contributed by atoms with E-state index in [9.17, 15) is 17.6 Å². The molecule has 8 nitrogen and oxygen atoms in total. The number of imidazole rings is 1. The predicted molar refractivity (Wildman–Crippen MR) is 90.4 cm³/mol. The maximum atomic E-state index is 13.0. The van der Waals surface area contributed by atoms with Gasteiger partial charge in [0.1, 0.15) is 12.5 Å². The Morgan fingerprint density at radius 1 is 1.44 bits per heavy atom. The Morgan fingerprint density at radius 3 is 2.80 bits per heavy atom. The van der Waals surface area contributed by atoms with Gasteiger partial charge in [-0.3, -0.25) is 0 Å². The van der Waals surface area contributed by atoms with E-state index in [4.69, 9.17) is 0 Å². The highest BCUT2D eigenvalue weighted by Gasteiger charge is 2.46. The Labute approximate surface area is 145 Å². The van der Waals surface area contributed by atoms with Gasteiger partial charge in [-0.05, 0) is 38.0 Å². The third-order valence-electron chi connectivity index (χ3n) is 4.13. The Morgan fingerprint density at radius 2 is 2.20 bits per heavy atom. The molecular weight excluding hydrogens is 369 g/mol. The van der Waals surface area contributed by atoms with Gasteiger partial charge in [-0.1, -0.05) is 0 Å². The smallest absolute Gasteiger partial charge is 0.305 e. The van der Waals surface area contributed by atoms with Crippen LogP contribution in [0.15, 0.2) is 27.9 Å². The van der Waals surface area contributed by atoms with E-state index in [1.54, 1.807) is 6.92 Å². The molecule has 2 N–H and O–H groups in total. The number of aromatic amines is 1. The minimum atomic E-state index is -3.90. The first-order chi connectivity index (χ1) is 11.8. The second-order valence-electron chi connectivity index (χ2n) is 6.09. The molecule has 0 spiro atoms. The fourth-order valence-electron chi connectivity index (χ4n) is 2.57. The molecule has 0 radical (unpaired) electrons. The zero-order valence-electron chi connectivity index (χ0n) is 13.1. The third-order valence-corrected chi connectivity index (χ3v) is 6.50. The highest BCUT2D eigenvalue weighted by molar-refractivity contribution is 7.89. The largest absolute Gasteiger partial charge is 0.332 e. The first kappa shape index (κ1) is 16.4. The summed E-state index contributed by atoms with van der Waals surface area (Å²) < 4.78 is 45.9. The van der Waals surface area contributed by atoms with Gasteiger partial charge in [0.15, 0.2) is 0 Å². The van der Waals surface area contributed by atoms with E-state index >= 15 is 0 Å². The molecule has 11 heteroatoms. The van der Waals surface area contributed by atoms with Crippen molar-refractivity contribution in [2.75, 3.05) is 6.67 Å². The van der Waals surface area contributed by atoms with Gasteiger partial charge in [-0.2, -0.15) is 4.37 Å². The number of rotatable bonds is 5. The number of fused-ring (bicyclic) bond motifs is 1. The number of aromatic nitrogens is 4. The van der Waals surface area contributed by atoms with Crippen LogP contribution in [-0.4, -0.2) is 39.5 Å². The van der Waals surface area contributed by atoms with Crippen molar-refractivity contribution < 1.29 is 12.8 Å². The summed E-state index contributed by atoms with van der Waals surface area (Å²) in [5, 5.41) is 0.346. The average Bonchev–Trinajstić information content (AvgIpc) is 3.06.